The largest absolute Gasteiger partial charge is 0.416 e. The van der Waals surface area contributed by atoms with E-state index in [1.807, 2.05) is 0 Å². The van der Waals surface area contributed by atoms with Crippen LogP contribution in [-0.2, 0) is 6.54 Å². The van der Waals surface area contributed by atoms with Gasteiger partial charge in [-0.05, 0) is 17.7 Å². The lowest BCUT2D eigenvalue weighted by molar-refractivity contribution is -0.201. The van der Waals surface area contributed by atoms with Crippen LogP contribution in [0.4, 0.5) is 17.6 Å². The van der Waals surface area contributed by atoms with Gasteiger partial charge in [-0.2, -0.15) is 13.2 Å². The van der Waals surface area contributed by atoms with Crippen LogP contribution >= 0.6 is 24.0 Å². The first-order valence-electron chi connectivity index (χ1n) is 6.15. The van der Waals surface area contributed by atoms with E-state index < -0.39 is 18.8 Å². The van der Waals surface area contributed by atoms with E-state index in [0.29, 0.717) is 6.54 Å². The number of nitrogens with zero attached hydrogens (tertiary/aromatic N) is 2. The highest BCUT2D eigenvalue weighted by atomic mass is 127. The van der Waals surface area contributed by atoms with Crippen LogP contribution < -0.4 is 5.32 Å². The molecule has 22 heavy (non-hydrogen) atoms. The first kappa shape index (κ1) is 20.9. The van der Waals surface area contributed by atoms with Gasteiger partial charge in [-0.15, -0.1) is 24.0 Å². The SMILES string of the molecule is CN=C(NCC(O)C(F)(F)F)N(C)Cc1ccc(F)cc1.I. The van der Waals surface area contributed by atoms with Crippen LogP contribution in [0, 0.1) is 5.82 Å². The number of guanidine groups is 1. The maximum Gasteiger partial charge on any atom is 0.416 e. The van der Waals surface area contributed by atoms with Gasteiger partial charge >= 0.3 is 6.18 Å². The van der Waals surface area contributed by atoms with Gasteiger partial charge in [-0.3, -0.25) is 4.99 Å². The Labute approximate surface area is 143 Å². The third kappa shape index (κ3) is 6.77. The Morgan fingerprint density at radius 3 is 2.32 bits per heavy atom. The fourth-order valence-electron chi connectivity index (χ4n) is 1.63. The number of hydrogen-bond donors (Lipinski definition) is 2. The minimum atomic E-state index is -4.68. The third-order valence-corrected chi connectivity index (χ3v) is 2.74. The summed E-state index contributed by atoms with van der Waals surface area (Å²) in [5.41, 5.74) is 0.776. The number of alkyl halides is 3. The second kappa shape index (κ2) is 9.13. The zero-order valence-electron chi connectivity index (χ0n) is 12.1. The molecule has 0 saturated heterocycles. The van der Waals surface area contributed by atoms with Gasteiger partial charge in [-0.1, -0.05) is 12.1 Å². The summed E-state index contributed by atoms with van der Waals surface area (Å²) in [7, 11) is 3.04. The Morgan fingerprint density at radius 1 is 1.32 bits per heavy atom. The molecule has 0 bridgehead atoms. The average Bonchev–Trinajstić information content (AvgIpc) is 2.40. The van der Waals surface area contributed by atoms with Gasteiger partial charge in [0.1, 0.15) is 5.82 Å². The van der Waals surface area contributed by atoms with E-state index in [0.717, 1.165) is 5.56 Å². The molecule has 0 heterocycles. The van der Waals surface area contributed by atoms with Crippen molar-refractivity contribution >= 4 is 29.9 Å². The van der Waals surface area contributed by atoms with Crippen molar-refractivity contribution in [2.75, 3.05) is 20.6 Å². The quantitative estimate of drug-likeness (QED) is 0.331. The number of aliphatic hydroxyl groups is 1. The smallest absolute Gasteiger partial charge is 0.382 e. The number of rotatable bonds is 4. The van der Waals surface area contributed by atoms with Crippen molar-refractivity contribution in [1.29, 1.82) is 0 Å². The monoisotopic (exact) mass is 435 g/mol. The van der Waals surface area contributed by atoms with Crippen LogP contribution in [0.25, 0.3) is 0 Å². The molecule has 0 amide bonds. The molecule has 0 spiro atoms. The number of nitrogens with one attached hydrogen (secondary N) is 1. The predicted molar refractivity (Wildman–Crippen MR) is 86.7 cm³/mol. The van der Waals surface area contributed by atoms with Gasteiger partial charge in [0.25, 0.3) is 0 Å². The molecular formula is C13H18F4IN3O. The minimum Gasteiger partial charge on any atom is -0.382 e. The van der Waals surface area contributed by atoms with Crippen LogP contribution in [0.2, 0.25) is 0 Å². The van der Waals surface area contributed by atoms with E-state index in [1.54, 1.807) is 24.1 Å². The summed E-state index contributed by atoms with van der Waals surface area (Å²) >= 11 is 0. The van der Waals surface area contributed by atoms with Gasteiger partial charge in [-0.25, -0.2) is 4.39 Å². The van der Waals surface area contributed by atoms with E-state index in [9.17, 15) is 17.6 Å². The van der Waals surface area contributed by atoms with Gasteiger partial charge in [0.15, 0.2) is 12.1 Å². The molecule has 1 aromatic rings. The fraction of sp³-hybridized carbons (Fsp3) is 0.462. The van der Waals surface area contributed by atoms with E-state index in [4.69, 9.17) is 5.11 Å². The van der Waals surface area contributed by atoms with Crippen LogP contribution in [0.5, 0.6) is 0 Å². The summed E-state index contributed by atoms with van der Waals surface area (Å²) in [6.45, 7) is -0.355. The Bertz CT molecular complexity index is 479. The molecule has 0 aliphatic heterocycles. The number of halogens is 5. The Kier molecular flexibility index (Phi) is 8.68. The lowest BCUT2D eigenvalue weighted by Crippen LogP contribution is -2.45. The van der Waals surface area contributed by atoms with E-state index in [-0.39, 0.29) is 35.8 Å². The molecular weight excluding hydrogens is 417 g/mol. The van der Waals surface area contributed by atoms with Crippen molar-refractivity contribution in [2.45, 2.75) is 18.8 Å². The number of aliphatic hydroxyl groups excluding tert-OH is 1. The summed E-state index contributed by atoms with van der Waals surface area (Å²) in [5, 5.41) is 11.4. The van der Waals surface area contributed by atoms with Gasteiger partial charge in [0.2, 0.25) is 0 Å². The summed E-state index contributed by atoms with van der Waals surface area (Å²) < 4.78 is 49.4. The molecule has 126 valence electrons. The molecule has 0 aliphatic carbocycles. The lowest BCUT2D eigenvalue weighted by Gasteiger charge is -2.24. The van der Waals surface area contributed by atoms with Crippen LogP contribution in [0.15, 0.2) is 29.3 Å². The van der Waals surface area contributed by atoms with Crippen molar-refractivity contribution in [3.8, 4) is 0 Å². The summed E-state index contributed by atoms with van der Waals surface area (Å²) in [6, 6.07) is 5.74. The van der Waals surface area contributed by atoms with Crippen molar-refractivity contribution < 1.29 is 22.7 Å². The molecule has 0 saturated carbocycles. The van der Waals surface area contributed by atoms with Crippen molar-refractivity contribution in [2.24, 2.45) is 4.99 Å². The molecule has 4 nitrogen and oxygen atoms in total. The topological polar surface area (TPSA) is 47.9 Å². The highest BCUT2D eigenvalue weighted by molar-refractivity contribution is 14.0. The van der Waals surface area contributed by atoms with E-state index >= 15 is 0 Å². The molecule has 1 rings (SSSR count). The zero-order chi connectivity index (χ0) is 16.0. The normalized spacial score (nSPS) is 13.3. The molecule has 1 atom stereocenters. The second-order valence-corrected chi connectivity index (χ2v) is 4.47. The number of aliphatic imine (C=N–C) groups is 1. The van der Waals surface area contributed by atoms with Crippen LogP contribution in [0.3, 0.4) is 0 Å². The zero-order valence-corrected chi connectivity index (χ0v) is 14.4. The van der Waals surface area contributed by atoms with E-state index in [2.05, 4.69) is 10.3 Å². The Morgan fingerprint density at radius 2 is 1.86 bits per heavy atom. The summed E-state index contributed by atoms with van der Waals surface area (Å²) in [6.07, 6.45) is -7.14. The van der Waals surface area contributed by atoms with Crippen molar-refractivity contribution in [1.82, 2.24) is 10.2 Å². The van der Waals surface area contributed by atoms with Gasteiger partial charge < -0.3 is 15.3 Å². The van der Waals surface area contributed by atoms with Crippen LogP contribution in [-0.4, -0.2) is 48.9 Å². The van der Waals surface area contributed by atoms with Crippen LogP contribution in [0.1, 0.15) is 5.56 Å². The first-order valence-corrected chi connectivity index (χ1v) is 6.15. The molecule has 2 N–H and O–H groups in total. The van der Waals surface area contributed by atoms with E-state index in [1.165, 1.54) is 19.2 Å². The standard InChI is InChI=1S/C13H17F4N3O.HI/c1-18-12(19-7-11(21)13(15,16)17)20(2)8-9-3-5-10(14)6-4-9;/h3-6,11,21H,7-8H2,1-2H3,(H,18,19);1H. The molecule has 0 radical (unpaired) electrons. The molecule has 9 heteroatoms. The summed E-state index contributed by atoms with van der Waals surface area (Å²) in [5.74, 6) is -0.167. The highest BCUT2D eigenvalue weighted by Gasteiger charge is 2.38. The first-order chi connectivity index (χ1) is 9.74. The predicted octanol–water partition coefficient (Wildman–Crippen LogP) is 2.37. The maximum atomic E-state index is 12.8. The minimum absolute atomic E-state index is 0. The van der Waals surface area contributed by atoms with Crippen molar-refractivity contribution in [3.05, 3.63) is 35.6 Å². The molecule has 0 fully saturated rings. The Balaban J connectivity index is 0.00000441. The Hall–Kier alpha value is -1.10. The van der Waals surface area contributed by atoms with Crippen molar-refractivity contribution in [3.63, 3.8) is 0 Å². The lowest BCUT2D eigenvalue weighted by atomic mass is 10.2. The fourth-order valence-corrected chi connectivity index (χ4v) is 1.63. The molecule has 1 unspecified atom stereocenters. The molecule has 0 aromatic heterocycles. The number of hydrogen-bond acceptors (Lipinski definition) is 2. The second-order valence-electron chi connectivity index (χ2n) is 4.47. The van der Waals surface area contributed by atoms with Gasteiger partial charge in [0.05, 0.1) is 6.54 Å². The van der Waals surface area contributed by atoms with Gasteiger partial charge in [0, 0.05) is 20.6 Å². The number of benzene rings is 1. The average molecular weight is 435 g/mol. The molecule has 1 aromatic carbocycles. The maximum absolute atomic E-state index is 12.8. The summed E-state index contributed by atoms with van der Waals surface area (Å²) in [4.78, 5) is 5.40. The third-order valence-electron chi connectivity index (χ3n) is 2.74. The highest BCUT2D eigenvalue weighted by Crippen LogP contribution is 2.19. The molecule has 0 aliphatic rings.